The molecule has 0 aliphatic heterocycles. The predicted molar refractivity (Wildman–Crippen MR) is 281 cm³/mol. The van der Waals surface area contributed by atoms with Crippen molar-refractivity contribution in [1.29, 1.82) is 0 Å². The predicted octanol–water partition coefficient (Wildman–Crippen LogP) is 16.1. The molecule has 68 heavy (non-hydrogen) atoms. The lowest BCUT2D eigenvalue weighted by atomic mass is 9.96. The molecule has 0 saturated carbocycles. The number of hydrogen-bond acceptors (Lipinski definition) is 3. The van der Waals surface area contributed by atoms with Gasteiger partial charge in [-0.25, -0.2) is 15.0 Å². The van der Waals surface area contributed by atoms with Crippen molar-refractivity contribution in [3.8, 4) is 78.9 Å². The Balaban J connectivity index is 1.14. The molecule has 0 bridgehead atoms. The molecule has 5 heteroatoms. The molecule has 318 valence electrons. The lowest BCUT2D eigenvalue weighted by molar-refractivity contribution is 1.06. The van der Waals surface area contributed by atoms with Crippen molar-refractivity contribution < 1.29 is 0 Å². The van der Waals surface area contributed by atoms with Crippen molar-refractivity contribution in [3.05, 3.63) is 249 Å². The van der Waals surface area contributed by atoms with Crippen molar-refractivity contribution in [1.82, 2.24) is 24.1 Å². The summed E-state index contributed by atoms with van der Waals surface area (Å²) in [5.74, 6) is 1.81. The molecule has 0 aliphatic carbocycles. The number of para-hydroxylation sites is 2. The molecule has 0 amide bonds. The Morgan fingerprint density at radius 1 is 0.250 bits per heavy atom. The summed E-state index contributed by atoms with van der Waals surface area (Å²) in [6.45, 7) is 0. The Morgan fingerprint density at radius 3 is 1.29 bits per heavy atom. The number of rotatable bonds is 8. The Bertz CT molecular complexity index is 3840. The van der Waals surface area contributed by atoms with Gasteiger partial charge in [-0.1, -0.05) is 200 Å². The van der Waals surface area contributed by atoms with Gasteiger partial charge >= 0.3 is 0 Å². The van der Waals surface area contributed by atoms with Gasteiger partial charge in [0, 0.05) is 43.9 Å². The van der Waals surface area contributed by atoms with Crippen LogP contribution in [-0.4, -0.2) is 24.1 Å². The van der Waals surface area contributed by atoms with Crippen molar-refractivity contribution in [2.24, 2.45) is 0 Å². The average Bonchev–Trinajstić information content (AvgIpc) is 3.94. The molecule has 13 aromatic rings. The molecule has 3 aromatic heterocycles. The van der Waals surface area contributed by atoms with Gasteiger partial charge < -0.3 is 9.13 Å². The maximum absolute atomic E-state index is 5.41. The van der Waals surface area contributed by atoms with Gasteiger partial charge in [0.25, 0.3) is 0 Å². The number of aromatic nitrogens is 5. The van der Waals surface area contributed by atoms with Gasteiger partial charge in [0.2, 0.25) is 0 Å². The summed E-state index contributed by atoms with van der Waals surface area (Å²) in [6, 6.07) is 88.3. The van der Waals surface area contributed by atoms with E-state index in [0.29, 0.717) is 17.5 Å². The Labute approximate surface area is 393 Å². The van der Waals surface area contributed by atoms with E-state index in [1.807, 2.05) is 36.4 Å². The van der Waals surface area contributed by atoms with Crippen LogP contribution in [0.25, 0.3) is 123 Å². The molecule has 10 aromatic carbocycles. The first-order valence-electron chi connectivity index (χ1n) is 23.0. The van der Waals surface area contributed by atoms with Gasteiger partial charge in [-0.05, 0) is 81.9 Å². The zero-order valence-corrected chi connectivity index (χ0v) is 36.9. The summed E-state index contributed by atoms with van der Waals surface area (Å²) in [5.41, 5.74) is 16.1. The van der Waals surface area contributed by atoms with E-state index in [2.05, 4.69) is 221 Å². The summed E-state index contributed by atoms with van der Waals surface area (Å²) >= 11 is 0. The molecule has 0 fully saturated rings. The van der Waals surface area contributed by atoms with Gasteiger partial charge in [0.1, 0.15) is 0 Å². The molecule has 0 N–H and O–H groups in total. The highest BCUT2D eigenvalue weighted by atomic mass is 15.1. The molecule has 0 unspecified atom stereocenters. The molecule has 3 heterocycles. The van der Waals surface area contributed by atoms with E-state index in [0.717, 1.165) is 83.5 Å². The Morgan fingerprint density at radius 2 is 0.721 bits per heavy atom. The molecule has 13 rings (SSSR count). The van der Waals surface area contributed by atoms with E-state index >= 15 is 0 Å². The summed E-state index contributed by atoms with van der Waals surface area (Å²) in [5, 5.41) is 4.71. The summed E-state index contributed by atoms with van der Waals surface area (Å²) in [7, 11) is 0. The number of nitrogens with zero attached hydrogens (tertiary/aromatic N) is 5. The molecular formula is C63H41N5. The highest BCUT2D eigenvalue weighted by molar-refractivity contribution is 6.16. The molecular weight excluding hydrogens is 827 g/mol. The van der Waals surface area contributed by atoms with Crippen LogP contribution < -0.4 is 0 Å². The van der Waals surface area contributed by atoms with Crippen LogP contribution in [-0.2, 0) is 0 Å². The summed E-state index contributed by atoms with van der Waals surface area (Å²) < 4.78 is 4.80. The topological polar surface area (TPSA) is 48.5 Å². The lowest BCUT2D eigenvalue weighted by Crippen LogP contribution is -2.04. The van der Waals surface area contributed by atoms with Gasteiger partial charge in [-0.15, -0.1) is 0 Å². The standard InChI is InChI=1S/C63H41N5/c1-6-19-42(20-7-1)46-33-36-51-52-37-34-47(43-21-8-2-9-22-43)41-59(52)68(58(51)40-46)56-38-35-48(50-30-18-32-57-60(50)53-29-16-17-31-55(53)67(57)49-27-14-5-15-28-49)39-54(56)63-65-61(44-23-10-3-11-24-44)64-62(66-63)45-25-12-4-13-26-45/h1-41H. The van der Waals surface area contributed by atoms with Crippen LogP contribution in [0.1, 0.15) is 0 Å². The maximum Gasteiger partial charge on any atom is 0.166 e. The average molecular weight is 868 g/mol. The Hall–Kier alpha value is -9.19. The summed E-state index contributed by atoms with van der Waals surface area (Å²) in [4.78, 5) is 16.0. The fourth-order valence-corrected chi connectivity index (χ4v) is 10.0. The quantitative estimate of drug-likeness (QED) is 0.153. The van der Waals surface area contributed by atoms with Gasteiger partial charge in [-0.2, -0.15) is 0 Å². The van der Waals surface area contributed by atoms with Crippen LogP contribution in [0.2, 0.25) is 0 Å². The third-order valence-corrected chi connectivity index (χ3v) is 13.2. The van der Waals surface area contributed by atoms with Crippen molar-refractivity contribution in [2.75, 3.05) is 0 Å². The maximum atomic E-state index is 5.41. The fourth-order valence-electron chi connectivity index (χ4n) is 10.0. The van der Waals surface area contributed by atoms with E-state index in [9.17, 15) is 0 Å². The van der Waals surface area contributed by atoms with Gasteiger partial charge in [0.15, 0.2) is 17.5 Å². The van der Waals surface area contributed by atoms with E-state index in [-0.39, 0.29) is 0 Å². The zero-order valence-electron chi connectivity index (χ0n) is 36.9. The number of fused-ring (bicyclic) bond motifs is 6. The van der Waals surface area contributed by atoms with Crippen molar-refractivity contribution in [2.45, 2.75) is 0 Å². The minimum absolute atomic E-state index is 0.585. The van der Waals surface area contributed by atoms with E-state index in [1.165, 1.54) is 21.5 Å². The third-order valence-electron chi connectivity index (χ3n) is 13.2. The van der Waals surface area contributed by atoms with E-state index in [1.54, 1.807) is 0 Å². The highest BCUT2D eigenvalue weighted by Gasteiger charge is 2.23. The minimum atomic E-state index is 0.585. The minimum Gasteiger partial charge on any atom is -0.309 e. The third kappa shape index (κ3) is 6.68. The number of hydrogen-bond donors (Lipinski definition) is 0. The highest BCUT2D eigenvalue weighted by Crippen LogP contribution is 2.43. The molecule has 0 radical (unpaired) electrons. The van der Waals surface area contributed by atoms with Crippen LogP contribution >= 0.6 is 0 Å². The Kier molecular flexibility index (Phi) is 9.43. The number of benzene rings is 10. The first-order chi connectivity index (χ1) is 33.7. The van der Waals surface area contributed by atoms with Crippen LogP contribution in [0.3, 0.4) is 0 Å². The van der Waals surface area contributed by atoms with Crippen LogP contribution in [0, 0.1) is 0 Å². The smallest absolute Gasteiger partial charge is 0.166 e. The fraction of sp³-hybridized carbons (Fsp3) is 0. The molecule has 5 nitrogen and oxygen atoms in total. The van der Waals surface area contributed by atoms with Crippen molar-refractivity contribution >= 4 is 43.6 Å². The largest absolute Gasteiger partial charge is 0.309 e. The molecule has 0 saturated heterocycles. The monoisotopic (exact) mass is 867 g/mol. The van der Waals surface area contributed by atoms with Gasteiger partial charge in [-0.3, -0.25) is 0 Å². The van der Waals surface area contributed by atoms with Crippen LogP contribution in [0.15, 0.2) is 249 Å². The molecule has 0 aliphatic rings. The first kappa shape index (κ1) is 39.2. The molecule has 0 atom stereocenters. The zero-order chi connectivity index (χ0) is 45.0. The normalized spacial score (nSPS) is 11.5. The summed E-state index contributed by atoms with van der Waals surface area (Å²) in [6.07, 6.45) is 0. The molecule has 0 spiro atoms. The van der Waals surface area contributed by atoms with Crippen LogP contribution in [0.4, 0.5) is 0 Å². The lowest BCUT2D eigenvalue weighted by Gasteiger charge is -2.17. The second-order valence-electron chi connectivity index (χ2n) is 17.2. The first-order valence-corrected chi connectivity index (χ1v) is 23.0. The van der Waals surface area contributed by atoms with E-state index in [4.69, 9.17) is 15.0 Å². The van der Waals surface area contributed by atoms with E-state index < -0.39 is 0 Å². The SMILES string of the molecule is c1ccc(-c2ccc3c4ccc(-c5ccccc5)cc4n(-c4ccc(-c5cccc6c5c5ccccc5n6-c5ccccc5)cc4-c4nc(-c5ccccc5)nc(-c5ccccc5)n4)c3c2)cc1. The van der Waals surface area contributed by atoms with Crippen molar-refractivity contribution in [3.63, 3.8) is 0 Å². The van der Waals surface area contributed by atoms with Crippen LogP contribution in [0.5, 0.6) is 0 Å². The van der Waals surface area contributed by atoms with Gasteiger partial charge in [0.05, 0.1) is 27.8 Å². The second-order valence-corrected chi connectivity index (χ2v) is 17.2. The second kappa shape index (κ2) is 16.4.